The van der Waals surface area contributed by atoms with Crippen molar-refractivity contribution in [2.24, 2.45) is 4.99 Å². The van der Waals surface area contributed by atoms with E-state index < -0.39 is 0 Å². The van der Waals surface area contributed by atoms with E-state index in [-0.39, 0.29) is 6.04 Å². The van der Waals surface area contributed by atoms with Gasteiger partial charge in [0.15, 0.2) is 5.96 Å². The Morgan fingerprint density at radius 2 is 2.00 bits per heavy atom. The van der Waals surface area contributed by atoms with Crippen molar-refractivity contribution in [1.82, 2.24) is 15.1 Å². The number of nitrogens with zero attached hydrogens (tertiary/aromatic N) is 4. The highest BCUT2D eigenvalue weighted by molar-refractivity contribution is 5.80. The van der Waals surface area contributed by atoms with Gasteiger partial charge in [0.25, 0.3) is 0 Å². The lowest BCUT2D eigenvalue weighted by molar-refractivity contribution is 0.255. The molecule has 2 heterocycles. The standard InChI is InChI=1S/C21H31N5O2/c1-22-21(23-16-19(24(2)3)20-9-6-14-28-20)26-12-10-25(11-13-26)17-7-5-8-18(15-17)27-4/h5-9,14-15,19H,10-13,16H2,1-4H3,(H,22,23). The Morgan fingerprint density at radius 3 is 2.61 bits per heavy atom. The zero-order valence-corrected chi connectivity index (χ0v) is 17.3. The summed E-state index contributed by atoms with van der Waals surface area (Å²) in [4.78, 5) is 11.3. The van der Waals surface area contributed by atoms with E-state index >= 15 is 0 Å². The molecule has 0 spiro atoms. The SMILES string of the molecule is CN=C(NCC(c1ccco1)N(C)C)N1CCN(c2cccc(OC)c2)CC1. The Hall–Kier alpha value is -2.67. The predicted molar refractivity (Wildman–Crippen MR) is 113 cm³/mol. The maximum absolute atomic E-state index is 5.60. The lowest BCUT2D eigenvalue weighted by Gasteiger charge is -2.38. The van der Waals surface area contributed by atoms with Crippen LogP contribution in [0.2, 0.25) is 0 Å². The molecule has 1 aliphatic rings. The van der Waals surface area contributed by atoms with Crippen molar-refractivity contribution in [1.29, 1.82) is 0 Å². The number of hydrogen-bond acceptors (Lipinski definition) is 5. The van der Waals surface area contributed by atoms with Crippen LogP contribution in [0.1, 0.15) is 11.8 Å². The number of guanidine groups is 1. The van der Waals surface area contributed by atoms with Gasteiger partial charge in [-0.2, -0.15) is 0 Å². The minimum Gasteiger partial charge on any atom is -0.497 e. The molecule has 1 aromatic carbocycles. The fourth-order valence-corrected chi connectivity index (χ4v) is 3.52. The Bertz CT molecular complexity index is 752. The van der Waals surface area contributed by atoms with Crippen LogP contribution in [0.4, 0.5) is 5.69 Å². The Balaban J connectivity index is 1.56. The third-order valence-electron chi connectivity index (χ3n) is 5.16. The van der Waals surface area contributed by atoms with Crippen molar-refractivity contribution in [3.63, 3.8) is 0 Å². The number of ether oxygens (including phenoxy) is 1. The van der Waals surface area contributed by atoms with E-state index in [9.17, 15) is 0 Å². The predicted octanol–water partition coefficient (Wildman–Crippen LogP) is 2.29. The van der Waals surface area contributed by atoms with Gasteiger partial charge in [-0.3, -0.25) is 9.89 Å². The molecule has 1 unspecified atom stereocenters. The van der Waals surface area contributed by atoms with E-state index in [1.807, 2.05) is 31.3 Å². The van der Waals surface area contributed by atoms with Gasteiger partial charge in [-0.15, -0.1) is 0 Å². The third-order valence-corrected chi connectivity index (χ3v) is 5.16. The maximum atomic E-state index is 5.60. The van der Waals surface area contributed by atoms with E-state index in [1.54, 1.807) is 13.4 Å². The van der Waals surface area contributed by atoms with Gasteiger partial charge in [0.2, 0.25) is 0 Å². The summed E-state index contributed by atoms with van der Waals surface area (Å²) in [6.45, 7) is 4.48. The highest BCUT2D eigenvalue weighted by Crippen LogP contribution is 2.22. The largest absolute Gasteiger partial charge is 0.497 e. The topological polar surface area (TPSA) is 56.5 Å². The van der Waals surface area contributed by atoms with Crippen LogP contribution in [0.3, 0.4) is 0 Å². The minimum absolute atomic E-state index is 0.157. The number of aliphatic imine (C=N–C) groups is 1. The first-order valence-electron chi connectivity index (χ1n) is 9.66. The van der Waals surface area contributed by atoms with E-state index in [0.29, 0.717) is 0 Å². The number of piperazine rings is 1. The number of rotatable bonds is 6. The van der Waals surface area contributed by atoms with Crippen LogP contribution in [-0.4, -0.2) is 76.7 Å². The lowest BCUT2D eigenvalue weighted by atomic mass is 10.2. The molecular weight excluding hydrogens is 354 g/mol. The van der Waals surface area contributed by atoms with Gasteiger partial charge in [-0.25, -0.2) is 0 Å². The van der Waals surface area contributed by atoms with E-state index in [0.717, 1.165) is 50.2 Å². The fraction of sp³-hybridized carbons (Fsp3) is 0.476. The summed E-state index contributed by atoms with van der Waals surface area (Å²) in [6.07, 6.45) is 1.72. The molecule has 1 aromatic heterocycles. The number of methoxy groups -OCH3 is 1. The van der Waals surface area contributed by atoms with Gasteiger partial charge < -0.3 is 24.3 Å². The van der Waals surface area contributed by atoms with Crippen LogP contribution in [-0.2, 0) is 0 Å². The van der Waals surface area contributed by atoms with Crippen LogP contribution in [0, 0.1) is 0 Å². The molecule has 1 N–H and O–H groups in total. The van der Waals surface area contributed by atoms with Gasteiger partial charge >= 0.3 is 0 Å². The van der Waals surface area contributed by atoms with Crippen molar-refractivity contribution >= 4 is 11.6 Å². The summed E-state index contributed by atoms with van der Waals surface area (Å²) in [7, 11) is 7.67. The first kappa shape index (κ1) is 20.1. The number of benzene rings is 1. The minimum atomic E-state index is 0.157. The average molecular weight is 386 g/mol. The fourth-order valence-electron chi connectivity index (χ4n) is 3.52. The maximum Gasteiger partial charge on any atom is 0.193 e. The molecule has 0 aliphatic carbocycles. The molecule has 2 aromatic rings. The van der Waals surface area contributed by atoms with Crippen LogP contribution in [0.25, 0.3) is 0 Å². The highest BCUT2D eigenvalue weighted by atomic mass is 16.5. The van der Waals surface area contributed by atoms with Gasteiger partial charge in [-0.1, -0.05) is 6.07 Å². The molecule has 0 bridgehead atoms. The number of likely N-dealkylation sites (N-methyl/N-ethyl adjacent to an activating group) is 1. The average Bonchev–Trinajstić information content (AvgIpc) is 3.25. The summed E-state index contributed by atoms with van der Waals surface area (Å²) in [5.74, 6) is 2.78. The van der Waals surface area contributed by atoms with Crippen molar-refractivity contribution < 1.29 is 9.15 Å². The van der Waals surface area contributed by atoms with Crippen molar-refractivity contribution in [3.8, 4) is 5.75 Å². The van der Waals surface area contributed by atoms with Gasteiger partial charge in [0, 0.05) is 51.5 Å². The monoisotopic (exact) mass is 385 g/mol. The first-order valence-corrected chi connectivity index (χ1v) is 9.66. The molecule has 7 nitrogen and oxygen atoms in total. The number of nitrogens with one attached hydrogen (secondary N) is 1. The molecule has 0 saturated carbocycles. The summed E-state index contributed by atoms with van der Waals surface area (Å²) in [5, 5.41) is 3.52. The van der Waals surface area contributed by atoms with E-state index in [4.69, 9.17) is 9.15 Å². The van der Waals surface area contributed by atoms with E-state index in [2.05, 4.69) is 51.2 Å². The Kier molecular flexibility index (Phi) is 6.81. The quantitative estimate of drug-likeness (QED) is 0.608. The van der Waals surface area contributed by atoms with Gasteiger partial charge in [0.1, 0.15) is 11.5 Å². The molecule has 28 heavy (non-hydrogen) atoms. The first-order chi connectivity index (χ1) is 13.6. The Morgan fingerprint density at radius 1 is 1.21 bits per heavy atom. The molecule has 1 aliphatic heterocycles. The zero-order chi connectivity index (χ0) is 19.9. The molecular formula is C21H31N5O2. The molecule has 1 atom stereocenters. The molecule has 7 heteroatoms. The summed E-state index contributed by atoms with van der Waals surface area (Å²) in [5.41, 5.74) is 1.20. The lowest BCUT2D eigenvalue weighted by Crippen LogP contribution is -2.53. The van der Waals surface area contributed by atoms with Crippen molar-refractivity contribution in [2.45, 2.75) is 6.04 Å². The summed E-state index contributed by atoms with van der Waals surface area (Å²) >= 11 is 0. The van der Waals surface area contributed by atoms with Crippen molar-refractivity contribution in [2.75, 3.05) is 65.9 Å². The number of furan rings is 1. The second kappa shape index (κ2) is 9.50. The van der Waals surface area contributed by atoms with Crippen molar-refractivity contribution in [3.05, 3.63) is 48.4 Å². The molecule has 1 fully saturated rings. The molecule has 0 radical (unpaired) electrons. The normalized spacial score (nSPS) is 16.4. The van der Waals surface area contributed by atoms with Crippen LogP contribution in [0.15, 0.2) is 52.1 Å². The Labute approximate surface area is 167 Å². The second-order valence-corrected chi connectivity index (χ2v) is 7.10. The van der Waals surface area contributed by atoms with Gasteiger partial charge in [0.05, 0.1) is 19.4 Å². The molecule has 0 amide bonds. The van der Waals surface area contributed by atoms with Crippen LogP contribution < -0.4 is 15.0 Å². The summed E-state index contributed by atoms with van der Waals surface area (Å²) < 4.78 is 10.9. The highest BCUT2D eigenvalue weighted by Gasteiger charge is 2.22. The number of anilines is 1. The smallest absolute Gasteiger partial charge is 0.193 e. The number of hydrogen-bond donors (Lipinski definition) is 1. The molecule has 1 saturated heterocycles. The molecule has 152 valence electrons. The summed E-state index contributed by atoms with van der Waals surface area (Å²) in [6, 6.07) is 12.3. The van der Waals surface area contributed by atoms with E-state index in [1.165, 1.54) is 5.69 Å². The van der Waals surface area contributed by atoms with Crippen LogP contribution in [0.5, 0.6) is 5.75 Å². The zero-order valence-electron chi connectivity index (χ0n) is 17.3. The molecule has 3 rings (SSSR count). The second-order valence-electron chi connectivity index (χ2n) is 7.10. The van der Waals surface area contributed by atoms with Crippen LogP contribution >= 0.6 is 0 Å². The third kappa shape index (κ3) is 4.78. The van der Waals surface area contributed by atoms with Gasteiger partial charge in [-0.05, 0) is 38.4 Å².